The Bertz CT molecular complexity index is 694. The summed E-state index contributed by atoms with van der Waals surface area (Å²) in [5, 5.41) is 1.08. The van der Waals surface area contributed by atoms with Gasteiger partial charge in [-0.15, -0.1) is 0 Å². The number of hydrogen-bond donors (Lipinski definition) is 0. The van der Waals surface area contributed by atoms with Gasteiger partial charge >= 0.3 is 5.97 Å². The monoisotopic (exact) mass is 348 g/mol. The Kier molecular flexibility index (Phi) is 6.69. The van der Waals surface area contributed by atoms with Crippen molar-refractivity contribution in [2.24, 2.45) is 0 Å². The van der Waals surface area contributed by atoms with Crippen molar-refractivity contribution in [1.82, 2.24) is 0 Å². The summed E-state index contributed by atoms with van der Waals surface area (Å²) in [5.41, 5.74) is 3.03. The molecule has 2 aromatic carbocycles. The fourth-order valence-corrected chi connectivity index (χ4v) is 2.57. The molecule has 0 atom stereocenters. The lowest BCUT2D eigenvalue weighted by atomic mass is 9.98. The average Bonchev–Trinajstić information content (AvgIpc) is 2.55. The van der Waals surface area contributed by atoms with Crippen LogP contribution in [0.5, 0.6) is 0 Å². The largest absolute Gasteiger partial charge is 0.463 e. The van der Waals surface area contributed by atoms with Crippen LogP contribution in [-0.2, 0) is 16.0 Å². The van der Waals surface area contributed by atoms with Gasteiger partial charge in [0.05, 0.1) is 16.7 Å². The lowest BCUT2D eigenvalue weighted by molar-refractivity contribution is -0.137. The van der Waals surface area contributed by atoms with Crippen molar-refractivity contribution in [1.29, 1.82) is 0 Å². The molecule has 4 heteroatoms. The van der Waals surface area contributed by atoms with Gasteiger partial charge in [0.1, 0.15) is 0 Å². The van der Waals surface area contributed by atoms with Gasteiger partial charge in [0, 0.05) is 6.08 Å². The van der Waals surface area contributed by atoms with E-state index in [2.05, 4.69) is 0 Å². The van der Waals surface area contributed by atoms with Crippen LogP contribution in [0.1, 0.15) is 24.5 Å². The Hall–Kier alpha value is -1.77. The maximum atomic E-state index is 11.8. The van der Waals surface area contributed by atoms with Crippen LogP contribution in [0.3, 0.4) is 0 Å². The number of esters is 1. The van der Waals surface area contributed by atoms with E-state index in [-0.39, 0.29) is 5.97 Å². The molecular weight excluding hydrogens is 331 g/mol. The van der Waals surface area contributed by atoms with Gasteiger partial charge in [-0.25, -0.2) is 4.79 Å². The summed E-state index contributed by atoms with van der Waals surface area (Å²) in [4.78, 5) is 11.8. The zero-order chi connectivity index (χ0) is 16.7. The quantitative estimate of drug-likeness (QED) is 0.503. The summed E-state index contributed by atoms with van der Waals surface area (Å²) in [6.45, 7) is 2.16. The number of benzene rings is 2. The van der Waals surface area contributed by atoms with Crippen molar-refractivity contribution in [3.63, 3.8) is 0 Å². The number of ether oxygens (including phenoxy) is 1. The number of rotatable bonds is 6. The molecule has 0 aliphatic rings. The van der Waals surface area contributed by atoms with Gasteiger partial charge in [-0.2, -0.15) is 0 Å². The van der Waals surface area contributed by atoms with Crippen molar-refractivity contribution < 1.29 is 9.53 Å². The van der Waals surface area contributed by atoms with E-state index in [0.29, 0.717) is 23.1 Å². The van der Waals surface area contributed by atoms with Gasteiger partial charge in [0.25, 0.3) is 0 Å². The Balaban J connectivity index is 2.17. The van der Waals surface area contributed by atoms with Gasteiger partial charge in [-0.05, 0) is 48.6 Å². The number of carbonyl (C=O) groups excluding carboxylic acids is 1. The number of aryl methyl sites for hydroxylation is 1. The van der Waals surface area contributed by atoms with Crippen LogP contribution in [-0.4, -0.2) is 12.6 Å². The maximum Gasteiger partial charge on any atom is 0.331 e. The minimum Gasteiger partial charge on any atom is -0.463 e. The van der Waals surface area contributed by atoms with E-state index in [1.54, 1.807) is 19.1 Å². The molecule has 0 fully saturated rings. The summed E-state index contributed by atoms with van der Waals surface area (Å²) in [6, 6.07) is 15.4. The third-order valence-electron chi connectivity index (χ3n) is 3.39. The van der Waals surface area contributed by atoms with Crippen LogP contribution < -0.4 is 0 Å². The Morgan fingerprint density at radius 3 is 2.48 bits per heavy atom. The molecule has 0 N–H and O–H groups in total. The molecule has 0 unspecified atom stereocenters. The normalized spacial score (nSPS) is 11.3. The second kappa shape index (κ2) is 8.76. The van der Waals surface area contributed by atoms with Crippen LogP contribution in [0, 0.1) is 0 Å². The van der Waals surface area contributed by atoms with Gasteiger partial charge in [-0.1, -0.05) is 59.6 Å². The first-order valence-corrected chi connectivity index (χ1v) is 8.22. The van der Waals surface area contributed by atoms with Crippen molar-refractivity contribution in [2.45, 2.75) is 19.8 Å². The third-order valence-corrected chi connectivity index (χ3v) is 4.13. The molecule has 0 bridgehead atoms. The van der Waals surface area contributed by atoms with E-state index >= 15 is 0 Å². The molecule has 120 valence electrons. The first-order valence-electron chi connectivity index (χ1n) is 7.47. The average molecular weight is 349 g/mol. The van der Waals surface area contributed by atoms with Crippen molar-refractivity contribution >= 4 is 34.7 Å². The van der Waals surface area contributed by atoms with E-state index in [0.717, 1.165) is 23.1 Å². The van der Waals surface area contributed by atoms with Gasteiger partial charge in [0.2, 0.25) is 0 Å². The van der Waals surface area contributed by atoms with Crippen LogP contribution in [0.4, 0.5) is 0 Å². The zero-order valence-corrected chi connectivity index (χ0v) is 14.4. The first kappa shape index (κ1) is 17.6. The first-order chi connectivity index (χ1) is 11.1. The van der Waals surface area contributed by atoms with E-state index < -0.39 is 0 Å². The zero-order valence-electron chi connectivity index (χ0n) is 12.9. The van der Waals surface area contributed by atoms with Crippen molar-refractivity contribution in [3.05, 3.63) is 75.8 Å². The predicted molar refractivity (Wildman–Crippen MR) is 95.8 cm³/mol. The maximum absolute atomic E-state index is 11.8. The molecule has 2 aromatic rings. The molecular formula is C19H18Cl2O2. The molecule has 0 saturated carbocycles. The van der Waals surface area contributed by atoms with Crippen molar-refractivity contribution in [3.8, 4) is 0 Å². The van der Waals surface area contributed by atoms with Crippen LogP contribution in [0.25, 0.3) is 5.57 Å². The molecule has 2 rings (SSSR count). The number of hydrogen-bond acceptors (Lipinski definition) is 2. The van der Waals surface area contributed by atoms with Crippen molar-refractivity contribution in [2.75, 3.05) is 6.61 Å². The van der Waals surface area contributed by atoms with E-state index in [1.165, 1.54) is 0 Å². The molecule has 0 aromatic heterocycles. The molecule has 0 saturated heterocycles. The Labute approximate surface area is 146 Å². The molecule has 0 spiro atoms. The Morgan fingerprint density at radius 2 is 1.83 bits per heavy atom. The molecule has 0 radical (unpaired) electrons. The van der Waals surface area contributed by atoms with E-state index in [1.807, 2.05) is 42.5 Å². The fraction of sp³-hybridized carbons (Fsp3) is 0.211. The van der Waals surface area contributed by atoms with Gasteiger partial charge in [-0.3, -0.25) is 0 Å². The highest BCUT2D eigenvalue weighted by molar-refractivity contribution is 6.42. The SMILES string of the molecule is CCOC(=O)C=C(CCc1ccc(Cl)c(Cl)c1)c1ccccc1. The Morgan fingerprint density at radius 1 is 1.09 bits per heavy atom. The van der Waals surface area contributed by atoms with Crippen LogP contribution in [0.15, 0.2) is 54.6 Å². The van der Waals surface area contributed by atoms with Crippen LogP contribution in [0.2, 0.25) is 10.0 Å². The lowest BCUT2D eigenvalue weighted by Gasteiger charge is -2.09. The van der Waals surface area contributed by atoms with Gasteiger partial charge < -0.3 is 4.74 Å². The second-order valence-electron chi connectivity index (χ2n) is 5.04. The summed E-state index contributed by atoms with van der Waals surface area (Å²) >= 11 is 12.0. The highest BCUT2D eigenvalue weighted by Crippen LogP contribution is 2.25. The summed E-state index contributed by atoms with van der Waals surface area (Å²) < 4.78 is 5.03. The molecule has 2 nitrogen and oxygen atoms in total. The number of halogens is 2. The summed E-state index contributed by atoms with van der Waals surface area (Å²) in [5.74, 6) is -0.319. The van der Waals surface area contributed by atoms with Crippen LogP contribution >= 0.6 is 23.2 Å². The summed E-state index contributed by atoms with van der Waals surface area (Å²) in [6.07, 6.45) is 3.04. The third kappa shape index (κ3) is 5.42. The highest BCUT2D eigenvalue weighted by atomic mass is 35.5. The van der Waals surface area contributed by atoms with Gasteiger partial charge in [0.15, 0.2) is 0 Å². The standard InChI is InChI=1S/C19H18Cl2O2/c1-2-23-19(22)13-16(15-6-4-3-5-7-15)10-8-14-9-11-17(20)18(21)12-14/h3-7,9,11-13H,2,8,10H2,1H3. The minimum atomic E-state index is -0.319. The number of allylic oxidation sites excluding steroid dienone is 1. The fourth-order valence-electron chi connectivity index (χ4n) is 2.25. The lowest BCUT2D eigenvalue weighted by Crippen LogP contribution is -2.02. The van der Waals surface area contributed by atoms with E-state index in [9.17, 15) is 4.79 Å². The number of carbonyl (C=O) groups is 1. The highest BCUT2D eigenvalue weighted by Gasteiger charge is 2.07. The molecule has 0 heterocycles. The smallest absolute Gasteiger partial charge is 0.331 e. The summed E-state index contributed by atoms with van der Waals surface area (Å²) in [7, 11) is 0. The topological polar surface area (TPSA) is 26.3 Å². The molecule has 0 aliphatic carbocycles. The minimum absolute atomic E-state index is 0.319. The predicted octanol–water partition coefficient (Wildman–Crippen LogP) is 5.57. The second-order valence-corrected chi connectivity index (χ2v) is 5.85. The molecule has 23 heavy (non-hydrogen) atoms. The molecule has 0 aliphatic heterocycles. The molecule has 0 amide bonds. The van der Waals surface area contributed by atoms with E-state index in [4.69, 9.17) is 27.9 Å².